The van der Waals surface area contributed by atoms with E-state index in [-0.39, 0.29) is 11.6 Å². The second-order valence-electron chi connectivity index (χ2n) is 6.08. The fourth-order valence-corrected chi connectivity index (χ4v) is 2.88. The van der Waals surface area contributed by atoms with Crippen molar-refractivity contribution in [2.75, 3.05) is 19.5 Å². The number of hydrogen-bond donors (Lipinski definition) is 1. The second kappa shape index (κ2) is 7.07. The van der Waals surface area contributed by atoms with Gasteiger partial charge in [0.15, 0.2) is 11.4 Å². The van der Waals surface area contributed by atoms with Crippen molar-refractivity contribution in [1.29, 1.82) is 0 Å². The Hall–Kier alpha value is -3.81. The van der Waals surface area contributed by atoms with Crippen LogP contribution < -0.4 is 14.8 Å². The summed E-state index contributed by atoms with van der Waals surface area (Å²) >= 11 is 0. The van der Waals surface area contributed by atoms with Crippen LogP contribution in [-0.2, 0) is 0 Å². The summed E-state index contributed by atoms with van der Waals surface area (Å²) in [5.74, 6) is 1.40. The lowest BCUT2D eigenvalue weighted by molar-refractivity contribution is 0.102. The molecule has 0 fully saturated rings. The van der Waals surface area contributed by atoms with Gasteiger partial charge in [-0.05, 0) is 37.3 Å². The summed E-state index contributed by atoms with van der Waals surface area (Å²) in [6.07, 6.45) is 1.58. The molecule has 3 aromatic heterocycles. The van der Waals surface area contributed by atoms with Crippen LogP contribution in [0.5, 0.6) is 11.5 Å². The number of nitrogens with one attached hydrogen (secondary N) is 1. The quantitative estimate of drug-likeness (QED) is 0.571. The third-order valence-corrected chi connectivity index (χ3v) is 4.27. The van der Waals surface area contributed by atoms with Gasteiger partial charge in [-0.3, -0.25) is 4.79 Å². The first-order valence-electron chi connectivity index (χ1n) is 8.53. The molecule has 0 unspecified atom stereocenters. The number of benzene rings is 1. The Kier molecular flexibility index (Phi) is 4.44. The standard InChI is InChI=1S/C20H18N4O4/c1-12-9-16(20(25)22-14-10-13(26-2)6-7-17(14)27-3)21-19-11-15(23-24(12)19)18-5-4-8-28-18/h4-11H,1-3H3,(H,22,25). The number of anilines is 1. The van der Waals surface area contributed by atoms with Crippen molar-refractivity contribution in [3.8, 4) is 23.0 Å². The van der Waals surface area contributed by atoms with Crippen LogP contribution in [0.1, 0.15) is 16.2 Å². The predicted molar refractivity (Wildman–Crippen MR) is 103 cm³/mol. The zero-order valence-corrected chi connectivity index (χ0v) is 15.6. The SMILES string of the molecule is COc1ccc(OC)c(NC(=O)c2cc(C)n3nc(-c4ccco4)cc3n2)c1. The number of hydrogen-bond acceptors (Lipinski definition) is 6. The molecule has 0 radical (unpaired) electrons. The van der Waals surface area contributed by atoms with E-state index in [9.17, 15) is 4.79 Å². The normalized spacial score (nSPS) is 10.8. The number of aromatic nitrogens is 3. The molecule has 0 spiro atoms. The zero-order chi connectivity index (χ0) is 19.7. The third kappa shape index (κ3) is 3.16. The van der Waals surface area contributed by atoms with Gasteiger partial charge in [0.1, 0.15) is 22.9 Å². The Morgan fingerprint density at radius 3 is 2.71 bits per heavy atom. The highest BCUT2D eigenvalue weighted by molar-refractivity contribution is 6.04. The molecule has 8 nitrogen and oxygen atoms in total. The first-order chi connectivity index (χ1) is 13.6. The molecule has 0 aliphatic carbocycles. The first kappa shape index (κ1) is 17.6. The number of methoxy groups -OCH3 is 2. The molecular weight excluding hydrogens is 360 g/mol. The summed E-state index contributed by atoms with van der Waals surface area (Å²) in [4.78, 5) is 17.2. The Bertz CT molecular complexity index is 1150. The van der Waals surface area contributed by atoms with Crippen LogP contribution in [0.2, 0.25) is 0 Å². The minimum Gasteiger partial charge on any atom is -0.497 e. The third-order valence-electron chi connectivity index (χ3n) is 4.27. The fourth-order valence-electron chi connectivity index (χ4n) is 2.88. The van der Waals surface area contributed by atoms with Gasteiger partial charge in [-0.2, -0.15) is 5.10 Å². The van der Waals surface area contributed by atoms with Gasteiger partial charge in [0.2, 0.25) is 0 Å². The van der Waals surface area contributed by atoms with Gasteiger partial charge in [0.25, 0.3) is 5.91 Å². The lowest BCUT2D eigenvalue weighted by Gasteiger charge is -2.12. The van der Waals surface area contributed by atoms with Crippen molar-refractivity contribution in [3.05, 3.63) is 60.1 Å². The molecule has 1 N–H and O–H groups in total. The lowest BCUT2D eigenvalue weighted by atomic mass is 10.2. The summed E-state index contributed by atoms with van der Waals surface area (Å²) in [5, 5.41) is 7.31. The van der Waals surface area contributed by atoms with Crippen LogP contribution >= 0.6 is 0 Å². The van der Waals surface area contributed by atoms with Crippen molar-refractivity contribution in [3.63, 3.8) is 0 Å². The van der Waals surface area contributed by atoms with Crippen LogP contribution in [0.4, 0.5) is 5.69 Å². The summed E-state index contributed by atoms with van der Waals surface area (Å²) in [7, 11) is 3.09. The number of amides is 1. The van der Waals surface area contributed by atoms with E-state index in [1.165, 1.54) is 7.11 Å². The Labute approximate surface area is 160 Å². The maximum atomic E-state index is 12.8. The van der Waals surface area contributed by atoms with Crippen LogP contribution in [0.25, 0.3) is 17.1 Å². The fraction of sp³-hybridized carbons (Fsp3) is 0.150. The zero-order valence-electron chi connectivity index (χ0n) is 15.6. The molecule has 1 aromatic carbocycles. The maximum Gasteiger partial charge on any atom is 0.274 e. The van der Waals surface area contributed by atoms with E-state index in [1.54, 1.807) is 54.3 Å². The molecule has 4 aromatic rings. The number of furan rings is 1. The summed E-state index contributed by atoms with van der Waals surface area (Å²) in [6, 6.07) is 12.2. The van der Waals surface area contributed by atoms with Gasteiger partial charge in [-0.15, -0.1) is 0 Å². The van der Waals surface area contributed by atoms with Crippen molar-refractivity contribution in [1.82, 2.24) is 14.6 Å². The van der Waals surface area contributed by atoms with Crippen LogP contribution in [-0.4, -0.2) is 34.7 Å². The van der Waals surface area contributed by atoms with Crippen LogP contribution in [0.15, 0.2) is 53.1 Å². The lowest BCUT2D eigenvalue weighted by Crippen LogP contribution is -2.15. The van der Waals surface area contributed by atoms with Crippen molar-refractivity contribution < 1.29 is 18.7 Å². The molecule has 1 amide bonds. The average Bonchev–Trinajstić information content (AvgIpc) is 3.37. The van der Waals surface area contributed by atoms with Gasteiger partial charge < -0.3 is 19.2 Å². The number of carbonyl (C=O) groups is 1. The number of rotatable bonds is 5. The minimum atomic E-state index is -0.363. The van der Waals surface area contributed by atoms with Gasteiger partial charge in [-0.25, -0.2) is 9.50 Å². The molecule has 4 rings (SSSR count). The predicted octanol–water partition coefficient (Wildman–Crippen LogP) is 3.57. The number of aryl methyl sites for hydroxylation is 1. The van der Waals surface area contributed by atoms with Crippen molar-refractivity contribution in [2.45, 2.75) is 6.92 Å². The van der Waals surface area contributed by atoms with E-state index in [0.717, 1.165) is 5.69 Å². The van der Waals surface area contributed by atoms with Crippen LogP contribution in [0.3, 0.4) is 0 Å². The summed E-state index contributed by atoms with van der Waals surface area (Å²) in [6.45, 7) is 1.86. The highest BCUT2D eigenvalue weighted by Crippen LogP contribution is 2.29. The molecular formula is C20H18N4O4. The van der Waals surface area contributed by atoms with E-state index < -0.39 is 0 Å². The summed E-state index contributed by atoms with van der Waals surface area (Å²) < 4.78 is 17.6. The van der Waals surface area contributed by atoms with Gasteiger partial charge in [-0.1, -0.05) is 0 Å². The number of fused-ring (bicyclic) bond motifs is 1. The molecule has 8 heteroatoms. The highest BCUT2D eigenvalue weighted by atomic mass is 16.5. The van der Waals surface area contributed by atoms with E-state index in [0.29, 0.717) is 34.3 Å². The number of carbonyl (C=O) groups excluding carboxylic acids is 1. The van der Waals surface area contributed by atoms with Crippen molar-refractivity contribution >= 4 is 17.2 Å². The molecule has 3 heterocycles. The van der Waals surface area contributed by atoms with Gasteiger partial charge in [0.05, 0.1) is 26.2 Å². The molecule has 0 saturated heterocycles. The first-order valence-corrected chi connectivity index (χ1v) is 8.53. The Balaban J connectivity index is 1.68. The molecule has 0 atom stereocenters. The number of nitrogens with zero attached hydrogens (tertiary/aromatic N) is 3. The van der Waals surface area contributed by atoms with Crippen LogP contribution in [0, 0.1) is 6.92 Å². The molecule has 28 heavy (non-hydrogen) atoms. The minimum absolute atomic E-state index is 0.265. The molecule has 142 valence electrons. The molecule has 0 aliphatic heterocycles. The highest BCUT2D eigenvalue weighted by Gasteiger charge is 2.16. The maximum absolute atomic E-state index is 12.8. The van der Waals surface area contributed by atoms with E-state index in [1.807, 2.05) is 13.0 Å². The van der Waals surface area contributed by atoms with Gasteiger partial charge >= 0.3 is 0 Å². The topological polar surface area (TPSA) is 90.9 Å². The van der Waals surface area contributed by atoms with E-state index in [4.69, 9.17) is 13.9 Å². The summed E-state index contributed by atoms with van der Waals surface area (Å²) in [5.41, 5.74) is 2.73. The molecule has 0 saturated carbocycles. The average molecular weight is 378 g/mol. The smallest absolute Gasteiger partial charge is 0.274 e. The number of ether oxygens (including phenoxy) is 2. The Morgan fingerprint density at radius 2 is 2.00 bits per heavy atom. The molecule has 0 bridgehead atoms. The monoisotopic (exact) mass is 378 g/mol. The van der Waals surface area contributed by atoms with Crippen molar-refractivity contribution in [2.24, 2.45) is 0 Å². The van der Waals surface area contributed by atoms with E-state index in [2.05, 4.69) is 15.4 Å². The van der Waals surface area contributed by atoms with E-state index >= 15 is 0 Å². The largest absolute Gasteiger partial charge is 0.497 e. The Morgan fingerprint density at radius 1 is 1.14 bits per heavy atom. The second-order valence-corrected chi connectivity index (χ2v) is 6.08. The van der Waals surface area contributed by atoms with Gasteiger partial charge in [0, 0.05) is 17.8 Å². The molecule has 0 aliphatic rings.